The van der Waals surface area contributed by atoms with Crippen molar-refractivity contribution in [3.63, 3.8) is 0 Å². The molecule has 0 amide bonds. The smallest absolute Gasteiger partial charge is 0.191 e. The third-order valence-electron chi connectivity index (χ3n) is 4.14. The first-order chi connectivity index (χ1) is 13.2. The maximum absolute atomic E-state index is 11.2. The van der Waals surface area contributed by atoms with E-state index in [1.807, 2.05) is 6.92 Å². The molecule has 0 bridgehead atoms. The molecular weight excluding hydrogens is 374 g/mol. The summed E-state index contributed by atoms with van der Waals surface area (Å²) in [5.74, 6) is 2.43. The molecule has 1 rings (SSSR count). The van der Waals surface area contributed by atoms with Gasteiger partial charge in [-0.3, -0.25) is 0 Å². The lowest BCUT2D eigenvalue weighted by atomic mass is 10.1. The second-order valence-corrected chi connectivity index (χ2v) is 9.86. The Bertz CT molecular complexity index is 716. The summed E-state index contributed by atoms with van der Waals surface area (Å²) < 4.78 is 28.5. The number of ether oxygens (including phenoxy) is 1. The van der Waals surface area contributed by atoms with Crippen LogP contribution in [0.15, 0.2) is 23.2 Å². The van der Waals surface area contributed by atoms with Crippen molar-refractivity contribution in [1.29, 1.82) is 0 Å². The summed E-state index contributed by atoms with van der Waals surface area (Å²) in [6.07, 6.45) is 4.00. The predicted molar refractivity (Wildman–Crippen MR) is 118 cm³/mol. The number of hydrogen-bond donors (Lipinski definition) is 2. The van der Waals surface area contributed by atoms with Crippen molar-refractivity contribution in [3.05, 3.63) is 29.3 Å². The number of guanidine groups is 1. The summed E-state index contributed by atoms with van der Waals surface area (Å²) in [5.41, 5.74) is 2.21. The van der Waals surface area contributed by atoms with Crippen LogP contribution in [0.2, 0.25) is 0 Å². The molecule has 28 heavy (non-hydrogen) atoms. The van der Waals surface area contributed by atoms with E-state index in [0.717, 1.165) is 36.3 Å². The van der Waals surface area contributed by atoms with E-state index in [4.69, 9.17) is 4.74 Å². The van der Waals surface area contributed by atoms with Gasteiger partial charge in [-0.1, -0.05) is 26.0 Å². The molecule has 0 saturated carbocycles. The first kappa shape index (κ1) is 24.3. The second kappa shape index (κ2) is 12.6. The van der Waals surface area contributed by atoms with Crippen molar-refractivity contribution in [1.82, 2.24) is 10.6 Å². The number of hydrogen-bond acceptors (Lipinski definition) is 4. The zero-order valence-corrected chi connectivity index (χ0v) is 18.9. The molecule has 0 aliphatic carbocycles. The number of nitrogens with zero attached hydrogens (tertiary/aromatic N) is 1. The van der Waals surface area contributed by atoms with Crippen molar-refractivity contribution in [2.75, 3.05) is 31.7 Å². The fourth-order valence-electron chi connectivity index (χ4n) is 2.65. The fraction of sp³-hybridized carbons (Fsp3) is 0.667. The number of nitrogens with one attached hydrogen (secondary N) is 2. The molecule has 0 heterocycles. The third-order valence-corrected chi connectivity index (χ3v) is 5.17. The number of aliphatic imine (C=N–C) groups is 1. The topological polar surface area (TPSA) is 79.8 Å². The quantitative estimate of drug-likeness (QED) is 0.313. The highest BCUT2D eigenvalue weighted by Crippen LogP contribution is 2.22. The Balaban J connectivity index is 2.68. The van der Waals surface area contributed by atoms with Crippen LogP contribution in [-0.4, -0.2) is 46.1 Å². The van der Waals surface area contributed by atoms with E-state index < -0.39 is 9.84 Å². The van der Waals surface area contributed by atoms with Gasteiger partial charge in [-0.15, -0.1) is 0 Å². The van der Waals surface area contributed by atoms with Crippen LogP contribution in [0.3, 0.4) is 0 Å². The van der Waals surface area contributed by atoms with Crippen LogP contribution < -0.4 is 15.4 Å². The SMILES string of the molecule is CCNC(=NCc1ccc(C)cc1OCCCC(C)C)NCCCS(C)(=O)=O. The van der Waals surface area contributed by atoms with Gasteiger partial charge in [0.15, 0.2) is 5.96 Å². The Kier molecular flexibility index (Phi) is 11.0. The molecule has 0 spiro atoms. The standard InChI is InChI=1S/C21H37N3O3S/c1-6-22-21(23-12-8-14-28(5,25)26)24-16-19-11-10-18(4)15-20(19)27-13-7-9-17(2)3/h10-11,15,17H,6-9,12-14,16H2,1-5H3,(H2,22,23,24). The van der Waals surface area contributed by atoms with Crippen LogP contribution in [0.4, 0.5) is 0 Å². The van der Waals surface area contributed by atoms with Crippen LogP contribution in [-0.2, 0) is 16.4 Å². The highest BCUT2D eigenvalue weighted by atomic mass is 32.2. The lowest BCUT2D eigenvalue weighted by Crippen LogP contribution is -2.38. The first-order valence-corrected chi connectivity index (χ1v) is 12.2. The van der Waals surface area contributed by atoms with Gasteiger partial charge in [0.25, 0.3) is 0 Å². The fourth-order valence-corrected chi connectivity index (χ4v) is 3.32. The van der Waals surface area contributed by atoms with E-state index in [9.17, 15) is 8.42 Å². The summed E-state index contributed by atoms with van der Waals surface area (Å²) in [7, 11) is -2.93. The molecule has 0 unspecified atom stereocenters. The van der Waals surface area contributed by atoms with Gasteiger partial charge < -0.3 is 15.4 Å². The monoisotopic (exact) mass is 411 g/mol. The summed E-state index contributed by atoms with van der Waals surface area (Å²) in [4.78, 5) is 4.63. The van der Waals surface area contributed by atoms with E-state index in [-0.39, 0.29) is 5.75 Å². The zero-order chi connectivity index (χ0) is 21.0. The van der Waals surface area contributed by atoms with Crippen molar-refractivity contribution in [2.24, 2.45) is 10.9 Å². The molecule has 1 aromatic carbocycles. The Labute approximate surface area is 171 Å². The lowest BCUT2D eigenvalue weighted by molar-refractivity contribution is 0.295. The summed E-state index contributed by atoms with van der Waals surface area (Å²) >= 11 is 0. The van der Waals surface area contributed by atoms with Crippen LogP contribution in [0.1, 0.15) is 51.2 Å². The third kappa shape index (κ3) is 11.2. The van der Waals surface area contributed by atoms with Crippen LogP contribution in [0.5, 0.6) is 5.75 Å². The molecule has 0 aliphatic heterocycles. The number of benzene rings is 1. The van der Waals surface area contributed by atoms with Gasteiger partial charge in [0.05, 0.1) is 18.9 Å². The maximum Gasteiger partial charge on any atom is 0.191 e. The van der Waals surface area contributed by atoms with E-state index in [0.29, 0.717) is 38.0 Å². The highest BCUT2D eigenvalue weighted by Gasteiger charge is 2.06. The van der Waals surface area contributed by atoms with Crippen LogP contribution in [0.25, 0.3) is 0 Å². The minimum atomic E-state index is -2.93. The van der Waals surface area contributed by atoms with Gasteiger partial charge >= 0.3 is 0 Å². The Morgan fingerprint density at radius 2 is 1.96 bits per heavy atom. The van der Waals surface area contributed by atoms with E-state index >= 15 is 0 Å². The van der Waals surface area contributed by atoms with Gasteiger partial charge in [0.1, 0.15) is 15.6 Å². The van der Waals surface area contributed by atoms with Gasteiger partial charge in [-0.05, 0) is 50.7 Å². The van der Waals surface area contributed by atoms with Gasteiger partial charge in [-0.2, -0.15) is 0 Å². The summed E-state index contributed by atoms with van der Waals surface area (Å²) in [5, 5.41) is 6.39. The molecule has 0 fully saturated rings. The normalized spacial score (nSPS) is 12.3. The first-order valence-electron chi connectivity index (χ1n) is 10.1. The number of aryl methyl sites for hydroxylation is 1. The zero-order valence-electron chi connectivity index (χ0n) is 18.0. The van der Waals surface area contributed by atoms with Crippen LogP contribution >= 0.6 is 0 Å². The average Bonchev–Trinajstić information content (AvgIpc) is 2.60. The molecule has 160 valence electrons. The number of rotatable bonds is 12. The molecule has 6 nitrogen and oxygen atoms in total. The van der Waals surface area contributed by atoms with Crippen molar-refractivity contribution < 1.29 is 13.2 Å². The Morgan fingerprint density at radius 1 is 1.21 bits per heavy atom. The molecular formula is C21H37N3O3S. The van der Waals surface area contributed by atoms with Gasteiger partial charge in [0.2, 0.25) is 0 Å². The number of sulfone groups is 1. The van der Waals surface area contributed by atoms with E-state index in [2.05, 4.69) is 54.6 Å². The van der Waals surface area contributed by atoms with E-state index in [1.165, 1.54) is 6.26 Å². The van der Waals surface area contributed by atoms with Gasteiger partial charge in [0, 0.05) is 24.9 Å². The average molecular weight is 412 g/mol. The van der Waals surface area contributed by atoms with Crippen LogP contribution in [0, 0.1) is 12.8 Å². The Morgan fingerprint density at radius 3 is 2.61 bits per heavy atom. The van der Waals surface area contributed by atoms with Crippen molar-refractivity contribution in [2.45, 2.75) is 53.5 Å². The summed E-state index contributed by atoms with van der Waals surface area (Å²) in [6, 6.07) is 6.19. The molecule has 1 aromatic rings. The molecule has 7 heteroatoms. The molecule has 0 saturated heterocycles. The minimum absolute atomic E-state index is 0.172. The van der Waals surface area contributed by atoms with E-state index in [1.54, 1.807) is 0 Å². The minimum Gasteiger partial charge on any atom is -0.493 e. The molecule has 0 aromatic heterocycles. The molecule has 0 atom stereocenters. The molecule has 0 radical (unpaired) electrons. The summed E-state index contributed by atoms with van der Waals surface area (Å²) in [6.45, 7) is 11.0. The predicted octanol–water partition coefficient (Wildman–Crippen LogP) is 3.30. The van der Waals surface area contributed by atoms with Gasteiger partial charge in [-0.25, -0.2) is 13.4 Å². The molecule has 2 N–H and O–H groups in total. The lowest BCUT2D eigenvalue weighted by Gasteiger charge is -2.14. The Hall–Kier alpha value is -1.76. The molecule has 0 aliphatic rings. The van der Waals surface area contributed by atoms with Crippen molar-refractivity contribution in [3.8, 4) is 5.75 Å². The largest absolute Gasteiger partial charge is 0.493 e. The maximum atomic E-state index is 11.2. The second-order valence-electron chi connectivity index (χ2n) is 7.60. The highest BCUT2D eigenvalue weighted by molar-refractivity contribution is 7.90. The van der Waals surface area contributed by atoms with Crippen molar-refractivity contribution >= 4 is 15.8 Å².